The van der Waals surface area contributed by atoms with Crippen molar-refractivity contribution < 1.29 is 38.5 Å². The van der Waals surface area contributed by atoms with Gasteiger partial charge in [-0.1, -0.05) is 30.3 Å². The molecule has 0 radical (unpaired) electrons. The van der Waals surface area contributed by atoms with Gasteiger partial charge in [0.25, 0.3) is 0 Å². The van der Waals surface area contributed by atoms with E-state index in [0.29, 0.717) is 0 Å². The number of methoxy groups -OCH3 is 1. The Hall–Kier alpha value is -3.14. The largest absolute Gasteiger partial charge is 0.467 e. The minimum Gasteiger partial charge on any atom is -0.467 e. The first-order valence-corrected chi connectivity index (χ1v) is 10.2. The van der Waals surface area contributed by atoms with Crippen LogP contribution < -0.4 is 10.6 Å². The van der Waals surface area contributed by atoms with Gasteiger partial charge in [0.1, 0.15) is 18.2 Å². The third kappa shape index (κ3) is 11.9. The number of benzene rings is 1. The summed E-state index contributed by atoms with van der Waals surface area (Å²) >= 11 is 0. The molecule has 10 heteroatoms. The van der Waals surface area contributed by atoms with Crippen LogP contribution in [0.15, 0.2) is 30.3 Å². The number of rotatable bonds is 11. The first-order valence-electron chi connectivity index (χ1n) is 10.2. The summed E-state index contributed by atoms with van der Waals surface area (Å²) < 4.78 is 14.8. The Morgan fingerprint density at radius 3 is 2.34 bits per heavy atom. The number of alkyl carbamates (subject to hydrolysis) is 1. The lowest BCUT2D eigenvalue weighted by Gasteiger charge is -2.21. The van der Waals surface area contributed by atoms with Crippen molar-refractivity contribution in [2.75, 3.05) is 13.7 Å². The SMILES string of the molecule is COC(=O)[C@H](CCC(=O)OC(C)(C)C)NC(=O)C[C@H](O)CNC(=O)OCc1ccccc1. The third-order valence-corrected chi connectivity index (χ3v) is 3.99. The fraction of sp³-hybridized carbons (Fsp3) is 0.545. The van der Waals surface area contributed by atoms with E-state index in [1.54, 1.807) is 32.9 Å². The minimum atomic E-state index is -1.21. The summed E-state index contributed by atoms with van der Waals surface area (Å²) in [6.07, 6.45) is -2.44. The summed E-state index contributed by atoms with van der Waals surface area (Å²) in [5.41, 5.74) is 0.142. The predicted octanol–water partition coefficient (Wildman–Crippen LogP) is 1.44. The molecule has 0 aromatic heterocycles. The molecule has 0 aliphatic carbocycles. The Balaban J connectivity index is 2.40. The van der Waals surface area contributed by atoms with E-state index in [0.717, 1.165) is 12.7 Å². The summed E-state index contributed by atoms with van der Waals surface area (Å²) in [5.74, 6) is -1.88. The standard InChI is InChI=1S/C22H32N2O8/c1-22(2,3)32-19(27)11-10-17(20(28)30-4)24-18(26)12-16(25)13-23-21(29)31-14-15-8-6-5-7-9-15/h5-9,16-17,25H,10-14H2,1-4H3,(H,23,29)(H,24,26)/t16-,17-/m0/s1. The molecule has 2 atom stereocenters. The molecule has 0 saturated carbocycles. The average Bonchev–Trinajstić information content (AvgIpc) is 2.72. The number of carbonyl (C=O) groups excluding carboxylic acids is 4. The van der Waals surface area contributed by atoms with E-state index < -0.39 is 41.7 Å². The Morgan fingerprint density at radius 1 is 1.09 bits per heavy atom. The minimum absolute atomic E-state index is 0.0204. The Labute approximate surface area is 187 Å². The van der Waals surface area contributed by atoms with E-state index in [2.05, 4.69) is 15.4 Å². The highest BCUT2D eigenvalue weighted by Gasteiger charge is 2.25. The topological polar surface area (TPSA) is 140 Å². The molecule has 32 heavy (non-hydrogen) atoms. The van der Waals surface area contributed by atoms with Gasteiger partial charge in [-0.2, -0.15) is 0 Å². The summed E-state index contributed by atoms with van der Waals surface area (Å²) in [7, 11) is 1.16. The number of amides is 2. The molecule has 10 nitrogen and oxygen atoms in total. The van der Waals surface area contributed by atoms with Gasteiger partial charge in [-0.05, 0) is 32.8 Å². The van der Waals surface area contributed by atoms with E-state index in [9.17, 15) is 24.3 Å². The van der Waals surface area contributed by atoms with Crippen molar-refractivity contribution in [2.45, 2.75) is 64.4 Å². The number of esters is 2. The van der Waals surface area contributed by atoms with Gasteiger partial charge in [-0.3, -0.25) is 9.59 Å². The number of carbonyl (C=O) groups is 4. The van der Waals surface area contributed by atoms with Gasteiger partial charge in [0.15, 0.2) is 0 Å². The zero-order valence-corrected chi connectivity index (χ0v) is 18.9. The molecule has 3 N–H and O–H groups in total. The van der Waals surface area contributed by atoms with Crippen LogP contribution >= 0.6 is 0 Å². The Kier molecular flexibility index (Phi) is 11.2. The summed E-state index contributed by atoms with van der Waals surface area (Å²) in [4.78, 5) is 47.6. The lowest BCUT2D eigenvalue weighted by molar-refractivity contribution is -0.155. The van der Waals surface area contributed by atoms with Crippen LogP contribution in [-0.4, -0.2) is 60.4 Å². The molecule has 0 saturated heterocycles. The molecule has 0 heterocycles. The number of ether oxygens (including phenoxy) is 3. The number of aliphatic hydroxyl groups excluding tert-OH is 1. The van der Waals surface area contributed by atoms with E-state index in [-0.39, 0.29) is 32.4 Å². The number of hydrogen-bond donors (Lipinski definition) is 3. The highest BCUT2D eigenvalue weighted by Crippen LogP contribution is 2.11. The number of aliphatic hydroxyl groups is 1. The van der Waals surface area contributed by atoms with E-state index in [4.69, 9.17) is 9.47 Å². The molecule has 2 amide bonds. The first-order chi connectivity index (χ1) is 15.0. The van der Waals surface area contributed by atoms with E-state index >= 15 is 0 Å². The lowest BCUT2D eigenvalue weighted by Crippen LogP contribution is -2.44. The smallest absolute Gasteiger partial charge is 0.407 e. The van der Waals surface area contributed by atoms with Crippen LogP contribution in [0.5, 0.6) is 0 Å². The van der Waals surface area contributed by atoms with Crippen molar-refractivity contribution in [2.24, 2.45) is 0 Å². The van der Waals surface area contributed by atoms with Gasteiger partial charge in [0.2, 0.25) is 5.91 Å². The Morgan fingerprint density at radius 2 is 1.75 bits per heavy atom. The maximum Gasteiger partial charge on any atom is 0.407 e. The average molecular weight is 453 g/mol. The van der Waals surface area contributed by atoms with Crippen LogP contribution in [0, 0.1) is 0 Å². The molecule has 0 spiro atoms. The van der Waals surface area contributed by atoms with Crippen molar-refractivity contribution >= 4 is 23.9 Å². The normalized spacial score (nSPS) is 12.8. The van der Waals surface area contributed by atoms with E-state index in [1.807, 2.05) is 18.2 Å². The van der Waals surface area contributed by atoms with Crippen LogP contribution in [0.1, 0.15) is 45.6 Å². The highest BCUT2D eigenvalue weighted by molar-refractivity contribution is 5.85. The molecule has 0 fully saturated rings. The Bertz CT molecular complexity index is 761. The quantitative estimate of drug-likeness (QED) is 0.338. The zero-order chi connectivity index (χ0) is 24.1. The van der Waals surface area contributed by atoms with Gasteiger partial charge < -0.3 is 30.0 Å². The predicted molar refractivity (Wildman–Crippen MR) is 114 cm³/mol. The molecule has 0 bridgehead atoms. The molecule has 0 unspecified atom stereocenters. The molecule has 1 rings (SSSR count). The van der Waals surface area contributed by atoms with Crippen LogP contribution in [0.4, 0.5) is 4.79 Å². The van der Waals surface area contributed by atoms with Crippen molar-refractivity contribution in [3.05, 3.63) is 35.9 Å². The molecule has 0 aliphatic rings. The maximum absolute atomic E-state index is 12.2. The van der Waals surface area contributed by atoms with Crippen molar-refractivity contribution in [1.29, 1.82) is 0 Å². The highest BCUT2D eigenvalue weighted by atomic mass is 16.6. The van der Waals surface area contributed by atoms with Crippen LogP contribution in [-0.2, 0) is 35.2 Å². The molecule has 1 aromatic rings. The molecule has 178 valence electrons. The van der Waals surface area contributed by atoms with Crippen LogP contribution in [0.25, 0.3) is 0 Å². The second kappa shape index (κ2) is 13.3. The van der Waals surface area contributed by atoms with Gasteiger partial charge in [-0.15, -0.1) is 0 Å². The van der Waals surface area contributed by atoms with Crippen molar-refractivity contribution in [3.8, 4) is 0 Å². The van der Waals surface area contributed by atoms with Crippen molar-refractivity contribution in [3.63, 3.8) is 0 Å². The second-order valence-corrected chi connectivity index (χ2v) is 8.07. The van der Waals surface area contributed by atoms with Gasteiger partial charge in [0, 0.05) is 13.0 Å². The molecular formula is C22H32N2O8. The fourth-order valence-corrected chi connectivity index (χ4v) is 2.56. The molecular weight excluding hydrogens is 420 g/mol. The monoisotopic (exact) mass is 452 g/mol. The summed E-state index contributed by atoms with van der Waals surface area (Å²) in [6.45, 7) is 5.01. The van der Waals surface area contributed by atoms with Crippen molar-refractivity contribution in [1.82, 2.24) is 10.6 Å². The number of nitrogens with one attached hydrogen (secondary N) is 2. The summed E-state index contributed by atoms with van der Waals surface area (Å²) in [5, 5.41) is 14.8. The molecule has 0 aliphatic heterocycles. The van der Waals surface area contributed by atoms with Gasteiger partial charge >= 0.3 is 18.0 Å². The second-order valence-electron chi connectivity index (χ2n) is 8.07. The van der Waals surface area contributed by atoms with E-state index in [1.165, 1.54) is 0 Å². The zero-order valence-electron chi connectivity index (χ0n) is 18.9. The lowest BCUT2D eigenvalue weighted by atomic mass is 10.1. The maximum atomic E-state index is 12.2. The number of hydrogen-bond acceptors (Lipinski definition) is 8. The first kappa shape index (κ1) is 26.9. The van der Waals surface area contributed by atoms with Gasteiger partial charge in [0.05, 0.1) is 19.6 Å². The fourth-order valence-electron chi connectivity index (χ4n) is 2.56. The molecule has 1 aromatic carbocycles. The summed E-state index contributed by atoms with van der Waals surface area (Å²) in [6, 6.07) is 7.99. The van der Waals surface area contributed by atoms with Gasteiger partial charge in [-0.25, -0.2) is 9.59 Å². The third-order valence-electron chi connectivity index (χ3n) is 3.99. The van der Waals surface area contributed by atoms with Crippen LogP contribution in [0.3, 0.4) is 0 Å². The van der Waals surface area contributed by atoms with Crippen LogP contribution in [0.2, 0.25) is 0 Å².